The molecule has 0 aliphatic heterocycles. The first-order chi connectivity index (χ1) is 8.69. The molecule has 0 radical (unpaired) electrons. The van der Waals surface area contributed by atoms with Crippen LogP contribution in [0.15, 0.2) is 22.4 Å². The topological polar surface area (TPSA) is 95.7 Å². The standard InChI is InChI=1S/C9H10N6O2S/c1-6-3-7(11-10-4-6)18-9-12-13-14-15(9)5-8(16)17-2/h3-4H,5H2,1-2H3. The van der Waals surface area contributed by atoms with Gasteiger partial charge in [0.2, 0.25) is 5.16 Å². The molecule has 0 bridgehead atoms. The molecular weight excluding hydrogens is 256 g/mol. The summed E-state index contributed by atoms with van der Waals surface area (Å²) in [6.45, 7) is 1.88. The van der Waals surface area contributed by atoms with Gasteiger partial charge in [0.15, 0.2) is 0 Å². The Morgan fingerprint density at radius 1 is 1.50 bits per heavy atom. The number of hydrogen-bond donors (Lipinski definition) is 0. The summed E-state index contributed by atoms with van der Waals surface area (Å²) in [7, 11) is 1.31. The van der Waals surface area contributed by atoms with Crippen LogP contribution >= 0.6 is 11.8 Å². The van der Waals surface area contributed by atoms with Crippen molar-refractivity contribution in [3.8, 4) is 0 Å². The predicted octanol–water partition coefficient (Wildman–Crippen LogP) is 0.0957. The Balaban J connectivity index is 2.15. The molecule has 18 heavy (non-hydrogen) atoms. The van der Waals surface area contributed by atoms with Gasteiger partial charge in [0.1, 0.15) is 11.6 Å². The van der Waals surface area contributed by atoms with Crippen molar-refractivity contribution in [3.63, 3.8) is 0 Å². The smallest absolute Gasteiger partial charge is 0.327 e. The van der Waals surface area contributed by atoms with Gasteiger partial charge in [0, 0.05) is 0 Å². The molecule has 2 aromatic heterocycles. The SMILES string of the molecule is COC(=O)Cn1nnnc1Sc1cc(C)cnn1. The van der Waals surface area contributed by atoms with Crippen LogP contribution in [0.3, 0.4) is 0 Å². The van der Waals surface area contributed by atoms with E-state index in [1.165, 1.54) is 23.6 Å². The van der Waals surface area contributed by atoms with Gasteiger partial charge in [-0.25, -0.2) is 4.68 Å². The normalized spacial score (nSPS) is 10.3. The molecule has 0 aromatic carbocycles. The molecule has 0 unspecified atom stereocenters. The average Bonchev–Trinajstić information content (AvgIpc) is 2.76. The Bertz CT molecular complexity index is 557. The van der Waals surface area contributed by atoms with E-state index in [0.29, 0.717) is 10.2 Å². The van der Waals surface area contributed by atoms with E-state index in [1.807, 2.05) is 13.0 Å². The average molecular weight is 266 g/mol. The molecule has 0 saturated carbocycles. The van der Waals surface area contributed by atoms with Crippen molar-refractivity contribution in [2.75, 3.05) is 7.11 Å². The van der Waals surface area contributed by atoms with E-state index in [1.54, 1.807) is 6.20 Å². The lowest BCUT2D eigenvalue weighted by atomic mass is 10.4. The number of carbonyl (C=O) groups excluding carboxylic acids is 1. The Morgan fingerprint density at radius 2 is 2.33 bits per heavy atom. The van der Waals surface area contributed by atoms with E-state index in [4.69, 9.17) is 0 Å². The number of aromatic nitrogens is 6. The number of methoxy groups -OCH3 is 1. The van der Waals surface area contributed by atoms with E-state index in [-0.39, 0.29) is 6.54 Å². The highest BCUT2D eigenvalue weighted by Gasteiger charge is 2.12. The van der Waals surface area contributed by atoms with Gasteiger partial charge in [-0.2, -0.15) is 5.10 Å². The second-order valence-corrected chi connectivity index (χ2v) is 4.36. The summed E-state index contributed by atoms with van der Waals surface area (Å²) in [6.07, 6.45) is 1.65. The Labute approximate surface area is 107 Å². The highest BCUT2D eigenvalue weighted by Crippen LogP contribution is 2.22. The molecule has 2 aromatic rings. The van der Waals surface area contributed by atoms with Crippen molar-refractivity contribution in [3.05, 3.63) is 17.8 Å². The number of hydrogen-bond acceptors (Lipinski definition) is 8. The Morgan fingerprint density at radius 3 is 3.06 bits per heavy atom. The van der Waals surface area contributed by atoms with Crippen molar-refractivity contribution in [2.45, 2.75) is 23.7 Å². The summed E-state index contributed by atoms with van der Waals surface area (Å²) in [5.74, 6) is -0.417. The van der Waals surface area contributed by atoms with Crippen LogP contribution in [0.1, 0.15) is 5.56 Å². The third-order valence-corrected chi connectivity index (χ3v) is 2.85. The van der Waals surface area contributed by atoms with Crippen LogP contribution < -0.4 is 0 Å². The molecular formula is C9H10N6O2S. The minimum Gasteiger partial charge on any atom is -0.468 e. The molecule has 0 atom stereocenters. The Hall–Kier alpha value is -2.03. The summed E-state index contributed by atoms with van der Waals surface area (Å²) < 4.78 is 5.90. The number of aryl methyl sites for hydroxylation is 1. The third-order valence-electron chi connectivity index (χ3n) is 1.97. The van der Waals surface area contributed by atoms with Crippen LogP contribution in [0.2, 0.25) is 0 Å². The van der Waals surface area contributed by atoms with Gasteiger partial charge in [-0.1, -0.05) is 0 Å². The molecule has 0 aliphatic rings. The predicted molar refractivity (Wildman–Crippen MR) is 60.7 cm³/mol. The van der Waals surface area contributed by atoms with Crippen LogP contribution in [0, 0.1) is 6.92 Å². The summed E-state index contributed by atoms with van der Waals surface area (Å²) in [6, 6.07) is 1.86. The monoisotopic (exact) mass is 266 g/mol. The van der Waals surface area contributed by atoms with Crippen molar-refractivity contribution < 1.29 is 9.53 Å². The van der Waals surface area contributed by atoms with E-state index in [0.717, 1.165) is 5.56 Å². The van der Waals surface area contributed by atoms with Gasteiger partial charge in [0.25, 0.3) is 0 Å². The van der Waals surface area contributed by atoms with Crippen LogP contribution in [0.4, 0.5) is 0 Å². The fourth-order valence-electron chi connectivity index (χ4n) is 1.14. The number of rotatable bonds is 4. The maximum Gasteiger partial charge on any atom is 0.327 e. The molecule has 8 nitrogen and oxygen atoms in total. The van der Waals surface area contributed by atoms with Gasteiger partial charge < -0.3 is 4.74 Å². The van der Waals surface area contributed by atoms with Crippen LogP contribution in [-0.4, -0.2) is 43.5 Å². The lowest BCUT2D eigenvalue weighted by Gasteiger charge is -2.02. The van der Waals surface area contributed by atoms with Crippen molar-refractivity contribution in [1.29, 1.82) is 0 Å². The molecule has 0 amide bonds. The highest BCUT2D eigenvalue weighted by atomic mass is 32.2. The first-order valence-corrected chi connectivity index (χ1v) is 5.81. The Kier molecular flexibility index (Phi) is 3.82. The zero-order valence-corrected chi connectivity index (χ0v) is 10.6. The first-order valence-electron chi connectivity index (χ1n) is 4.99. The fourth-order valence-corrected chi connectivity index (χ4v) is 1.94. The summed E-state index contributed by atoms with van der Waals surface area (Å²) in [5, 5.41) is 19.9. The molecule has 94 valence electrons. The second-order valence-electron chi connectivity index (χ2n) is 3.37. The van der Waals surface area contributed by atoms with Gasteiger partial charge in [-0.15, -0.1) is 10.2 Å². The van der Waals surface area contributed by atoms with Gasteiger partial charge in [-0.3, -0.25) is 4.79 Å². The van der Waals surface area contributed by atoms with Crippen LogP contribution in [-0.2, 0) is 16.1 Å². The lowest BCUT2D eigenvalue weighted by molar-refractivity contribution is -0.141. The second kappa shape index (κ2) is 5.54. The highest BCUT2D eigenvalue weighted by molar-refractivity contribution is 7.99. The van der Waals surface area contributed by atoms with Gasteiger partial charge in [-0.05, 0) is 40.7 Å². The molecule has 0 N–H and O–H groups in total. The fraction of sp³-hybridized carbons (Fsp3) is 0.333. The summed E-state index contributed by atoms with van der Waals surface area (Å²) in [5.41, 5.74) is 0.986. The lowest BCUT2D eigenvalue weighted by Crippen LogP contribution is -2.13. The quantitative estimate of drug-likeness (QED) is 0.719. The summed E-state index contributed by atoms with van der Waals surface area (Å²) >= 11 is 1.23. The molecule has 9 heteroatoms. The molecule has 0 aliphatic carbocycles. The van der Waals surface area contributed by atoms with Crippen molar-refractivity contribution in [2.24, 2.45) is 0 Å². The van der Waals surface area contributed by atoms with E-state index >= 15 is 0 Å². The van der Waals surface area contributed by atoms with E-state index < -0.39 is 5.97 Å². The van der Waals surface area contributed by atoms with Gasteiger partial charge >= 0.3 is 5.97 Å². The first kappa shape index (κ1) is 12.4. The zero-order chi connectivity index (χ0) is 13.0. The van der Waals surface area contributed by atoms with Crippen LogP contribution in [0.5, 0.6) is 0 Å². The maximum atomic E-state index is 11.2. The summed E-state index contributed by atoms with van der Waals surface area (Å²) in [4.78, 5) is 11.2. The van der Waals surface area contributed by atoms with Crippen molar-refractivity contribution in [1.82, 2.24) is 30.4 Å². The number of tetrazole rings is 1. The number of esters is 1. The zero-order valence-electron chi connectivity index (χ0n) is 9.77. The maximum absolute atomic E-state index is 11.2. The molecule has 0 spiro atoms. The molecule has 2 rings (SSSR count). The minimum atomic E-state index is -0.417. The minimum absolute atomic E-state index is 0.0366. The van der Waals surface area contributed by atoms with E-state index in [9.17, 15) is 4.79 Å². The number of carbonyl (C=O) groups is 1. The third kappa shape index (κ3) is 3.00. The largest absolute Gasteiger partial charge is 0.468 e. The van der Waals surface area contributed by atoms with Crippen molar-refractivity contribution >= 4 is 17.7 Å². The molecule has 0 saturated heterocycles. The van der Waals surface area contributed by atoms with E-state index in [2.05, 4.69) is 30.5 Å². The molecule has 2 heterocycles. The molecule has 0 fully saturated rings. The number of ether oxygens (including phenoxy) is 1. The number of nitrogens with zero attached hydrogens (tertiary/aromatic N) is 6. The van der Waals surface area contributed by atoms with Crippen LogP contribution in [0.25, 0.3) is 0 Å². The van der Waals surface area contributed by atoms with Gasteiger partial charge in [0.05, 0.1) is 13.3 Å².